The van der Waals surface area contributed by atoms with Crippen molar-refractivity contribution >= 4 is 17.9 Å². The zero-order valence-corrected chi connectivity index (χ0v) is 36.6. The number of carbonyl (C=O) groups is 3. The number of esters is 2. The van der Waals surface area contributed by atoms with Crippen LogP contribution in [0.25, 0.3) is 0 Å². The zero-order valence-electron chi connectivity index (χ0n) is 36.6. The fourth-order valence-electron chi connectivity index (χ4n) is 6.77. The summed E-state index contributed by atoms with van der Waals surface area (Å²) in [6.07, 6.45) is 42.1. The standard InChI is InChI=1S/C47H87NO7/c1-6-8-10-12-14-16-18-20-22-23-24-26-28-30-32-34-36-38-46(50)55-43(41-53-40-39-44(47(51)52)48(3,4)5)42-54-45(49)37-35-33-31-29-27-25-21-19-17-15-13-11-9-7-2/h14,16,20,22,43-44H,6-13,15,17-19,21,23-42H2,1-5H3/p+1/b16-14+,22-20+. The van der Waals surface area contributed by atoms with E-state index >= 15 is 0 Å². The number of unbranched alkanes of at least 4 members (excludes halogenated alkanes) is 23. The molecule has 55 heavy (non-hydrogen) atoms. The molecule has 0 saturated carbocycles. The molecule has 0 amide bonds. The summed E-state index contributed by atoms with van der Waals surface area (Å²) in [5.74, 6) is -1.47. The van der Waals surface area contributed by atoms with Gasteiger partial charge in [-0.15, -0.1) is 0 Å². The van der Waals surface area contributed by atoms with E-state index in [1.54, 1.807) is 0 Å². The summed E-state index contributed by atoms with van der Waals surface area (Å²) < 4.78 is 17.3. The van der Waals surface area contributed by atoms with Crippen LogP contribution in [0.15, 0.2) is 24.3 Å². The van der Waals surface area contributed by atoms with E-state index in [1.165, 1.54) is 122 Å². The monoisotopic (exact) mass is 779 g/mol. The summed E-state index contributed by atoms with van der Waals surface area (Å²) in [6, 6.07) is -0.613. The van der Waals surface area contributed by atoms with Crippen molar-refractivity contribution in [3.05, 3.63) is 24.3 Å². The van der Waals surface area contributed by atoms with E-state index in [-0.39, 0.29) is 36.2 Å². The number of nitrogens with zero attached hydrogens (tertiary/aromatic N) is 1. The minimum absolute atomic E-state index is 0.0498. The lowest BCUT2D eigenvalue weighted by atomic mass is 10.0. The fraction of sp³-hybridized carbons (Fsp3) is 0.851. The lowest BCUT2D eigenvalue weighted by Crippen LogP contribution is -2.50. The zero-order chi connectivity index (χ0) is 40.7. The average Bonchev–Trinajstić information content (AvgIpc) is 3.14. The van der Waals surface area contributed by atoms with Gasteiger partial charge in [0.15, 0.2) is 12.1 Å². The van der Waals surface area contributed by atoms with Gasteiger partial charge in [0.25, 0.3) is 0 Å². The second-order valence-corrected chi connectivity index (χ2v) is 16.7. The Kier molecular flexibility index (Phi) is 37.1. The van der Waals surface area contributed by atoms with Gasteiger partial charge < -0.3 is 23.8 Å². The molecule has 0 radical (unpaired) electrons. The molecular formula is C47H88NO7+. The maximum Gasteiger partial charge on any atom is 0.362 e. The van der Waals surface area contributed by atoms with Crippen LogP contribution in [0.2, 0.25) is 0 Å². The predicted octanol–water partition coefficient (Wildman–Crippen LogP) is 12.5. The molecule has 1 N–H and O–H groups in total. The van der Waals surface area contributed by atoms with E-state index in [9.17, 15) is 19.5 Å². The topological polar surface area (TPSA) is 99.1 Å². The van der Waals surface area contributed by atoms with Crippen molar-refractivity contribution in [1.82, 2.24) is 0 Å². The van der Waals surface area contributed by atoms with E-state index in [0.717, 1.165) is 51.4 Å². The van der Waals surface area contributed by atoms with Gasteiger partial charge in [0.05, 0.1) is 34.4 Å². The highest BCUT2D eigenvalue weighted by molar-refractivity contribution is 5.72. The van der Waals surface area contributed by atoms with E-state index in [0.29, 0.717) is 19.3 Å². The molecule has 2 atom stereocenters. The molecule has 0 aromatic carbocycles. The summed E-state index contributed by atoms with van der Waals surface area (Å²) >= 11 is 0. The first-order valence-electron chi connectivity index (χ1n) is 22.9. The number of carboxylic acid groups (broad SMARTS) is 1. The van der Waals surface area contributed by atoms with Crippen molar-refractivity contribution in [2.24, 2.45) is 0 Å². The fourth-order valence-corrected chi connectivity index (χ4v) is 6.77. The molecule has 0 aromatic rings. The molecule has 0 heterocycles. The van der Waals surface area contributed by atoms with E-state index in [1.807, 2.05) is 21.1 Å². The number of quaternary nitrogens is 1. The Bertz CT molecular complexity index is 957. The smallest absolute Gasteiger partial charge is 0.362 e. The van der Waals surface area contributed by atoms with E-state index in [4.69, 9.17) is 14.2 Å². The highest BCUT2D eigenvalue weighted by Gasteiger charge is 2.31. The maximum absolute atomic E-state index is 12.7. The quantitative estimate of drug-likeness (QED) is 0.0285. The SMILES string of the molecule is CCCCC/C=C/C/C=C/CCCCCCCCCC(=O)OC(COCCC(C(=O)O)[N+](C)(C)C)COC(=O)CCCCCCCCCCCCCCCC. The van der Waals surface area contributed by atoms with E-state index in [2.05, 4.69) is 38.2 Å². The summed E-state index contributed by atoms with van der Waals surface area (Å²) in [5.41, 5.74) is 0. The minimum atomic E-state index is -0.874. The molecule has 0 aliphatic rings. The highest BCUT2D eigenvalue weighted by atomic mass is 16.6. The van der Waals surface area contributed by atoms with Crippen LogP contribution in [0.4, 0.5) is 0 Å². The molecule has 0 aliphatic carbocycles. The number of carboxylic acids is 1. The molecule has 0 saturated heterocycles. The summed E-state index contributed by atoms with van der Waals surface area (Å²) in [6.45, 7) is 4.72. The molecule has 0 fully saturated rings. The number of rotatable bonds is 41. The number of aliphatic carboxylic acids is 1. The van der Waals surface area contributed by atoms with Crippen molar-refractivity contribution < 1.29 is 38.2 Å². The Hall–Kier alpha value is -2.19. The molecule has 2 unspecified atom stereocenters. The van der Waals surface area contributed by atoms with Gasteiger partial charge in [-0.1, -0.05) is 167 Å². The molecule has 0 aliphatic heterocycles. The largest absolute Gasteiger partial charge is 0.477 e. The molecular weight excluding hydrogens is 691 g/mol. The number of allylic oxidation sites excluding steroid dienone is 4. The van der Waals surface area contributed by atoms with Crippen molar-refractivity contribution in [1.29, 1.82) is 0 Å². The van der Waals surface area contributed by atoms with Crippen LogP contribution in [0.5, 0.6) is 0 Å². The number of carbonyl (C=O) groups excluding carboxylic acids is 2. The van der Waals surface area contributed by atoms with Crippen molar-refractivity contribution in [2.45, 2.75) is 219 Å². The first-order chi connectivity index (χ1) is 26.6. The van der Waals surface area contributed by atoms with E-state index < -0.39 is 18.1 Å². The van der Waals surface area contributed by atoms with Crippen LogP contribution in [-0.4, -0.2) is 80.6 Å². The lowest BCUT2D eigenvalue weighted by molar-refractivity contribution is -0.887. The lowest BCUT2D eigenvalue weighted by Gasteiger charge is -2.31. The maximum atomic E-state index is 12.7. The average molecular weight is 779 g/mol. The second-order valence-electron chi connectivity index (χ2n) is 16.7. The highest BCUT2D eigenvalue weighted by Crippen LogP contribution is 2.15. The van der Waals surface area contributed by atoms with Crippen molar-refractivity contribution in [3.63, 3.8) is 0 Å². The third kappa shape index (κ3) is 37.2. The second kappa shape index (κ2) is 38.7. The van der Waals surface area contributed by atoms with Crippen LogP contribution in [-0.2, 0) is 28.6 Å². The normalized spacial score (nSPS) is 13.1. The molecule has 0 aromatic heterocycles. The molecule has 322 valence electrons. The summed E-state index contributed by atoms with van der Waals surface area (Å²) in [4.78, 5) is 37.0. The van der Waals surface area contributed by atoms with Crippen molar-refractivity contribution in [3.8, 4) is 0 Å². The number of likely N-dealkylation sites (N-methyl/N-ethyl adjacent to an activating group) is 1. The Morgan fingerprint density at radius 2 is 0.964 bits per heavy atom. The van der Waals surface area contributed by atoms with Gasteiger partial charge in [-0.3, -0.25) is 9.59 Å². The number of hydrogen-bond donors (Lipinski definition) is 1. The Morgan fingerprint density at radius 3 is 1.44 bits per heavy atom. The van der Waals surface area contributed by atoms with Gasteiger partial charge in [0.1, 0.15) is 6.61 Å². The van der Waals surface area contributed by atoms with Gasteiger partial charge in [-0.2, -0.15) is 0 Å². The Balaban J connectivity index is 4.32. The van der Waals surface area contributed by atoms with Crippen LogP contribution < -0.4 is 0 Å². The molecule has 0 bridgehead atoms. The Labute approximate surface area is 339 Å². The number of ether oxygens (including phenoxy) is 3. The molecule has 8 heteroatoms. The van der Waals surface area contributed by atoms with Crippen LogP contribution in [0, 0.1) is 0 Å². The Morgan fingerprint density at radius 1 is 0.545 bits per heavy atom. The molecule has 0 spiro atoms. The first kappa shape index (κ1) is 52.8. The summed E-state index contributed by atoms with van der Waals surface area (Å²) in [5, 5.41) is 9.62. The molecule has 8 nitrogen and oxygen atoms in total. The van der Waals surface area contributed by atoms with Crippen LogP contribution >= 0.6 is 0 Å². The molecule has 0 rings (SSSR count). The van der Waals surface area contributed by atoms with Gasteiger partial charge >= 0.3 is 17.9 Å². The predicted molar refractivity (Wildman–Crippen MR) is 229 cm³/mol. The van der Waals surface area contributed by atoms with Gasteiger partial charge in [0, 0.05) is 19.3 Å². The van der Waals surface area contributed by atoms with Gasteiger partial charge in [0.2, 0.25) is 0 Å². The summed E-state index contributed by atoms with van der Waals surface area (Å²) in [7, 11) is 5.53. The van der Waals surface area contributed by atoms with Crippen molar-refractivity contribution in [2.75, 3.05) is 41.0 Å². The minimum Gasteiger partial charge on any atom is -0.477 e. The third-order valence-electron chi connectivity index (χ3n) is 10.4. The third-order valence-corrected chi connectivity index (χ3v) is 10.4. The van der Waals surface area contributed by atoms with Crippen LogP contribution in [0.1, 0.15) is 206 Å². The number of hydrogen-bond acceptors (Lipinski definition) is 6. The van der Waals surface area contributed by atoms with Crippen LogP contribution in [0.3, 0.4) is 0 Å². The van der Waals surface area contributed by atoms with Gasteiger partial charge in [-0.05, 0) is 44.9 Å². The van der Waals surface area contributed by atoms with Gasteiger partial charge in [-0.25, -0.2) is 4.79 Å². The first-order valence-corrected chi connectivity index (χ1v) is 22.9.